The number of esters is 1. The van der Waals surface area contributed by atoms with E-state index in [2.05, 4.69) is 0 Å². The maximum atomic E-state index is 12.2. The molecular weight excluding hydrogens is 256 g/mol. The normalized spacial score (nSPS) is 19.3. The van der Waals surface area contributed by atoms with Crippen LogP contribution in [0.4, 0.5) is 0 Å². The summed E-state index contributed by atoms with van der Waals surface area (Å²) in [5.74, 6) is -0.502. The molecule has 1 aromatic carbocycles. The van der Waals surface area contributed by atoms with E-state index in [0.29, 0.717) is 19.8 Å². The van der Waals surface area contributed by atoms with Crippen molar-refractivity contribution >= 4 is 5.97 Å². The highest BCUT2D eigenvalue weighted by atomic mass is 16.5. The highest BCUT2D eigenvalue weighted by molar-refractivity contribution is 5.73. The van der Waals surface area contributed by atoms with Crippen molar-refractivity contribution in [3.63, 3.8) is 0 Å². The largest absolute Gasteiger partial charge is 0.461 e. The van der Waals surface area contributed by atoms with Crippen molar-refractivity contribution in [1.82, 2.24) is 0 Å². The number of ether oxygens (including phenoxy) is 3. The highest BCUT2D eigenvalue weighted by Crippen LogP contribution is 2.33. The van der Waals surface area contributed by atoms with Gasteiger partial charge in [0, 0.05) is 33.2 Å². The summed E-state index contributed by atoms with van der Waals surface area (Å²) in [5.41, 5.74) is 0.540. The van der Waals surface area contributed by atoms with Crippen molar-refractivity contribution in [2.24, 2.45) is 5.92 Å². The molecule has 1 aliphatic rings. The van der Waals surface area contributed by atoms with Crippen molar-refractivity contribution in [3.8, 4) is 0 Å². The summed E-state index contributed by atoms with van der Waals surface area (Å²) >= 11 is 0. The molecule has 20 heavy (non-hydrogen) atoms. The van der Waals surface area contributed by atoms with Gasteiger partial charge in [-0.2, -0.15) is 0 Å². The second-order valence-electron chi connectivity index (χ2n) is 5.20. The fourth-order valence-electron chi connectivity index (χ4n) is 2.60. The Kier molecular flexibility index (Phi) is 5.15. The van der Waals surface area contributed by atoms with Gasteiger partial charge in [0.25, 0.3) is 0 Å². The molecule has 0 N–H and O–H groups in total. The molecule has 1 heterocycles. The van der Waals surface area contributed by atoms with Crippen molar-refractivity contribution < 1.29 is 19.0 Å². The monoisotopic (exact) mass is 278 g/mol. The molecule has 1 atom stereocenters. The van der Waals surface area contributed by atoms with Gasteiger partial charge in [-0.3, -0.25) is 4.79 Å². The molecule has 0 spiro atoms. The summed E-state index contributed by atoms with van der Waals surface area (Å²) in [6, 6.07) is 9.69. The van der Waals surface area contributed by atoms with E-state index < -0.39 is 5.60 Å². The Morgan fingerprint density at radius 3 is 2.55 bits per heavy atom. The Balaban J connectivity index is 1.93. The second-order valence-corrected chi connectivity index (χ2v) is 5.20. The number of carbonyl (C=O) groups is 1. The molecule has 4 nitrogen and oxygen atoms in total. The molecule has 1 saturated heterocycles. The third-order valence-corrected chi connectivity index (χ3v) is 4.11. The van der Waals surface area contributed by atoms with Crippen LogP contribution in [0.3, 0.4) is 0 Å². The molecule has 0 bridgehead atoms. The van der Waals surface area contributed by atoms with Crippen LogP contribution in [0.25, 0.3) is 0 Å². The van der Waals surface area contributed by atoms with Gasteiger partial charge in [-0.1, -0.05) is 30.3 Å². The van der Waals surface area contributed by atoms with Crippen LogP contribution in [0.1, 0.15) is 25.3 Å². The summed E-state index contributed by atoms with van der Waals surface area (Å²) in [7, 11) is 1.66. The molecule has 110 valence electrons. The first-order chi connectivity index (χ1) is 9.68. The van der Waals surface area contributed by atoms with Gasteiger partial charge in [0.05, 0.1) is 11.5 Å². The summed E-state index contributed by atoms with van der Waals surface area (Å²) in [5, 5.41) is 0. The molecule has 1 fully saturated rings. The fraction of sp³-hybridized carbons (Fsp3) is 0.562. The quantitative estimate of drug-likeness (QED) is 0.777. The fourth-order valence-corrected chi connectivity index (χ4v) is 2.60. The van der Waals surface area contributed by atoms with Crippen LogP contribution in [-0.2, 0) is 25.6 Å². The number of hydrogen-bond acceptors (Lipinski definition) is 4. The topological polar surface area (TPSA) is 44.8 Å². The summed E-state index contributed by atoms with van der Waals surface area (Å²) < 4.78 is 16.4. The van der Waals surface area contributed by atoms with E-state index in [1.165, 1.54) is 0 Å². The lowest BCUT2D eigenvalue weighted by molar-refractivity contribution is -0.171. The van der Waals surface area contributed by atoms with E-state index in [1.54, 1.807) is 7.11 Å². The molecule has 1 aromatic rings. The van der Waals surface area contributed by atoms with E-state index in [9.17, 15) is 4.79 Å². The van der Waals surface area contributed by atoms with Gasteiger partial charge >= 0.3 is 5.97 Å². The van der Waals surface area contributed by atoms with E-state index in [-0.39, 0.29) is 11.9 Å². The first-order valence-electron chi connectivity index (χ1n) is 7.01. The van der Waals surface area contributed by atoms with Gasteiger partial charge in [0.15, 0.2) is 0 Å². The van der Waals surface area contributed by atoms with Crippen molar-refractivity contribution in [2.75, 3.05) is 20.3 Å². The van der Waals surface area contributed by atoms with Crippen molar-refractivity contribution in [3.05, 3.63) is 35.9 Å². The number of rotatable bonds is 5. The molecule has 4 heteroatoms. The summed E-state index contributed by atoms with van der Waals surface area (Å²) in [6.45, 7) is 3.44. The zero-order valence-corrected chi connectivity index (χ0v) is 12.1. The number of methoxy groups -OCH3 is 1. The standard InChI is InChI=1S/C16H22O4/c1-13(16(18-2)8-10-19-11-9-16)15(17)20-12-14-6-4-3-5-7-14/h3-7,13H,8-12H2,1-2H3. The molecular formula is C16H22O4. The third-order valence-electron chi connectivity index (χ3n) is 4.11. The first-order valence-corrected chi connectivity index (χ1v) is 7.01. The van der Waals surface area contributed by atoms with Gasteiger partial charge in [-0.05, 0) is 12.5 Å². The van der Waals surface area contributed by atoms with Crippen molar-refractivity contribution in [2.45, 2.75) is 32.0 Å². The van der Waals surface area contributed by atoms with Gasteiger partial charge in [0.1, 0.15) is 6.61 Å². The number of hydrogen-bond donors (Lipinski definition) is 0. The van der Waals surface area contributed by atoms with Crippen molar-refractivity contribution in [1.29, 1.82) is 0 Å². The molecule has 0 amide bonds. The van der Waals surface area contributed by atoms with Crippen LogP contribution < -0.4 is 0 Å². The van der Waals surface area contributed by atoms with Crippen LogP contribution in [0.2, 0.25) is 0 Å². The molecule has 0 aromatic heterocycles. The van der Waals surface area contributed by atoms with E-state index in [0.717, 1.165) is 18.4 Å². The molecule has 0 radical (unpaired) electrons. The second kappa shape index (κ2) is 6.86. The zero-order chi connectivity index (χ0) is 14.4. The SMILES string of the molecule is COC1(C(C)C(=O)OCc2ccccc2)CCOCC1. The highest BCUT2D eigenvalue weighted by Gasteiger charge is 2.42. The molecule has 2 rings (SSSR count). The Morgan fingerprint density at radius 2 is 1.95 bits per heavy atom. The van der Waals surface area contributed by atoms with Crippen LogP contribution in [0, 0.1) is 5.92 Å². The summed E-state index contributed by atoms with van der Waals surface area (Å²) in [4.78, 5) is 12.2. The number of benzene rings is 1. The van der Waals surface area contributed by atoms with E-state index in [4.69, 9.17) is 14.2 Å². The summed E-state index contributed by atoms with van der Waals surface area (Å²) in [6.07, 6.45) is 1.45. The van der Waals surface area contributed by atoms with E-state index in [1.807, 2.05) is 37.3 Å². The molecule has 0 saturated carbocycles. The van der Waals surface area contributed by atoms with Crippen LogP contribution in [-0.4, -0.2) is 31.9 Å². The average molecular weight is 278 g/mol. The molecule has 0 aliphatic carbocycles. The maximum absolute atomic E-state index is 12.2. The Morgan fingerprint density at radius 1 is 1.30 bits per heavy atom. The van der Waals surface area contributed by atoms with Gasteiger partial charge in [0.2, 0.25) is 0 Å². The van der Waals surface area contributed by atoms with Crippen LogP contribution in [0.5, 0.6) is 0 Å². The predicted molar refractivity (Wildman–Crippen MR) is 75.2 cm³/mol. The lowest BCUT2D eigenvalue weighted by atomic mass is 9.82. The zero-order valence-electron chi connectivity index (χ0n) is 12.1. The Labute approximate surface area is 120 Å². The molecule has 1 aliphatic heterocycles. The Hall–Kier alpha value is -1.39. The maximum Gasteiger partial charge on any atom is 0.311 e. The lowest BCUT2D eigenvalue weighted by Crippen LogP contribution is -2.47. The van der Waals surface area contributed by atoms with Gasteiger partial charge < -0.3 is 14.2 Å². The number of carbonyl (C=O) groups excluding carboxylic acids is 1. The van der Waals surface area contributed by atoms with Gasteiger partial charge in [-0.15, -0.1) is 0 Å². The van der Waals surface area contributed by atoms with Crippen LogP contribution in [0.15, 0.2) is 30.3 Å². The first kappa shape index (κ1) is 15.0. The third kappa shape index (κ3) is 3.38. The lowest BCUT2D eigenvalue weighted by Gasteiger charge is -2.39. The average Bonchev–Trinajstić information content (AvgIpc) is 2.53. The smallest absolute Gasteiger partial charge is 0.311 e. The minimum absolute atomic E-state index is 0.211. The minimum atomic E-state index is -0.452. The van der Waals surface area contributed by atoms with E-state index >= 15 is 0 Å². The predicted octanol–water partition coefficient (Wildman–Crippen LogP) is 2.56. The minimum Gasteiger partial charge on any atom is -0.461 e. The van der Waals surface area contributed by atoms with Crippen LogP contribution >= 0.6 is 0 Å². The molecule has 1 unspecified atom stereocenters. The Bertz CT molecular complexity index is 423. The van der Waals surface area contributed by atoms with Gasteiger partial charge in [-0.25, -0.2) is 0 Å².